The summed E-state index contributed by atoms with van der Waals surface area (Å²) in [7, 11) is 2.14. The van der Waals surface area contributed by atoms with Gasteiger partial charge in [-0.25, -0.2) is 10.4 Å². The third kappa shape index (κ3) is 1.51. The average molecular weight is 272 g/mol. The molecule has 104 valence electrons. The second-order valence-electron chi connectivity index (χ2n) is 5.48. The first-order valence-electron chi connectivity index (χ1n) is 6.83. The minimum absolute atomic E-state index is 0.103. The van der Waals surface area contributed by atoms with Crippen LogP contribution in [0, 0.1) is 0 Å². The van der Waals surface area contributed by atoms with Crippen molar-refractivity contribution in [2.24, 2.45) is 16.2 Å². The highest BCUT2D eigenvalue weighted by molar-refractivity contribution is 5.73. The Morgan fingerprint density at radius 2 is 2.25 bits per heavy atom. The fraction of sp³-hybridized carbons (Fsp3) is 0.385. The van der Waals surface area contributed by atoms with Crippen LogP contribution in [0.2, 0.25) is 0 Å². The van der Waals surface area contributed by atoms with Crippen LogP contribution in [-0.2, 0) is 6.42 Å². The van der Waals surface area contributed by atoms with Crippen LogP contribution in [0.5, 0.6) is 0 Å². The standard InChI is InChI=1S/C13H17N7/c1-19-7-11(15-14)20-13-10(19)6-8-4-2-3-5-9(8)12(13)16-17-18-20/h2-5,10-11,15H,6-7,14H2,1H3,(H,16,18)/p+1. The number of piperazine rings is 1. The molecule has 1 fully saturated rings. The molecule has 0 radical (unpaired) electrons. The Bertz CT molecular complexity index is 608. The molecular formula is C13H18N7+. The third-order valence-electron chi connectivity index (χ3n) is 4.37. The van der Waals surface area contributed by atoms with Gasteiger partial charge in [-0.2, -0.15) is 11.4 Å². The number of hydrazine groups is 1. The predicted molar refractivity (Wildman–Crippen MR) is 73.2 cm³/mol. The lowest BCUT2D eigenvalue weighted by molar-refractivity contribution is -0.723. The van der Waals surface area contributed by atoms with Crippen molar-refractivity contribution in [2.45, 2.75) is 18.6 Å². The number of nitrogens with zero attached hydrogens (tertiary/aromatic N) is 4. The minimum Gasteiger partial charge on any atom is -0.290 e. The summed E-state index contributed by atoms with van der Waals surface area (Å²) in [6.45, 7) is 0.878. The van der Waals surface area contributed by atoms with Gasteiger partial charge in [-0.05, 0) is 19.0 Å². The topological polar surface area (TPSA) is 85.9 Å². The molecule has 1 aromatic carbocycles. The van der Waals surface area contributed by atoms with Crippen molar-refractivity contribution in [3.8, 4) is 0 Å². The Labute approximate surface area is 117 Å². The zero-order valence-corrected chi connectivity index (χ0v) is 11.3. The first-order chi connectivity index (χ1) is 9.79. The fourth-order valence-electron chi connectivity index (χ4n) is 3.35. The molecule has 1 aromatic rings. The second kappa shape index (κ2) is 4.27. The molecule has 5 N–H and O–H groups in total. The maximum absolute atomic E-state index is 5.79. The molecule has 1 aliphatic carbocycles. The van der Waals surface area contributed by atoms with E-state index in [1.54, 1.807) is 5.43 Å². The first kappa shape index (κ1) is 11.8. The maximum atomic E-state index is 5.79. The van der Waals surface area contributed by atoms with Gasteiger partial charge in [0.2, 0.25) is 6.17 Å². The van der Waals surface area contributed by atoms with Crippen LogP contribution in [-0.4, -0.2) is 35.7 Å². The molecule has 2 atom stereocenters. The van der Waals surface area contributed by atoms with Crippen molar-refractivity contribution in [3.63, 3.8) is 0 Å². The molecule has 7 nitrogen and oxygen atoms in total. The van der Waals surface area contributed by atoms with Crippen LogP contribution in [0.3, 0.4) is 0 Å². The van der Waals surface area contributed by atoms with E-state index in [4.69, 9.17) is 5.84 Å². The van der Waals surface area contributed by atoms with Gasteiger partial charge in [0.15, 0.2) is 0 Å². The Balaban J connectivity index is 1.91. The number of likely N-dealkylation sites (N-methyl/N-ethyl adjacent to an activating group) is 1. The number of hydrogen-bond donors (Lipinski definition) is 3. The van der Waals surface area contributed by atoms with E-state index >= 15 is 0 Å². The van der Waals surface area contributed by atoms with Crippen molar-refractivity contribution >= 4 is 5.70 Å². The van der Waals surface area contributed by atoms with Gasteiger partial charge in [-0.15, -0.1) is 5.11 Å². The monoisotopic (exact) mass is 272 g/mol. The van der Waals surface area contributed by atoms with Crippen molar-refractivity contribution in [3.05, 3.63) is 41.1 Å². The molecule has 0 spiro atoms. The van der Waals surface area contributed by atoms with E-state index in [0.717, 1.165) is 18.7 Å². The Hall–Kier alpha value is -1.96. The van der Waals surface area contributed by atoms with E-state index in [1.165, 1.54) is 16.8 Å². The summed E-state index contributed by atoms with van der Waals surface area (Å²) in [6, 6.07) is 8.75. The summed E-state index contributed by atoms with van der Waals surface area (Å²) in [4.78, 5) is 2.35. The van der Waals surface area contributed by atoms with Gasteiger partial charge in [-0.3, -0.25) is 4.90 Å². The second-order valence-corrected chi connectivity index (χ2v) is 5.48. The summed E-state index contributed by atoms with van der Waals surface area (Å²) >= 11 is 0. The molecule has 4 rings (SSSR count). The molecule has 3 aliphatic rings. The number of nitrogens with one attached hydrogen (secondary N) is 1. The average Bonchev–Trinajstić information content (AvgIpc) is 2.50. The molecule has 1 saturated heterocycles. The lowest BCUT2D eigenvalue weighted by Crippen LogP contribution is -3.02. The molecule has 20 heavy (non-hydrogen) atoms. The van der Waals surface area contributed by atoms with E-state index < -0.39 is 0 Å². The van der Waals surface area contributed by atoms with Gasteiger partial charge in [0, 0.05) is 5.56 Å². The van der Waals surface area contributed by atoms with E-state index in [1.807, 2.05) is 6.07 Å². The van der Waals surface area contributed by atoms with Crippen LogP contribution in [0.25, 0.3) is 5.70 Å². The molecule has 2 heterocycles. The van der Waals surface area contributed by atoms with Crippen LogP contribution >= 0.6 is 0 Å². The molecule has 2 aliphatic heterocycles. The molecule has 0 amide bonds. The van der Waals surface area contributed by atoms with E-state index in [2.05, 4.69) is 51.0 Å². The molecule has 0 aromatic heterocycles. The largest absolute Gasteiger partial charge is 0.290 e. The van der Waals surface area contributed by atoms with E-state index in [-0.39, 0.29) is 6.17 Å². The minimum atomic E-state index is 0.103. The fourth-order valence-corrected chi connectivity index (χ4v) is 3.35. The SMILES string of the molecule is CN1CC([NH2+]N)N2NN=NC3=C2C1Cc1ccccc13. The summed E-state index contributed by atoms with van der Waals surface area (Å²) in [5, 5.41) is 10.5. The van der Waals surface area contributed by atoms with Crippen molar-refractivity contribution < 1.29 is 5.43 Å². The predicted octanol–water partition coefficient (Wildman–Crippen LogP) is -0.824. The Morgan fingerprint density at radius 3 is 3.10 bits per heavy atom. The lowest BCUT2D eigenvalue weighted by atomic mass is 9.87. The van der Waals surface area contributed by atoms with Gasteiger partial charge in [0.1, 0.15) is 5.70 Å². The highest BCUT2D eigenvalue weighted by Gasteiger charge is 2.44. The number of benzene rings is 1. The Kier molecular flexibility index (Phi) is 2.53. The van der Waals surface area contributed by atoms with Gasteiger partial charge >= 0.3 is 0 Å². The van der Waals surface area contributed by atoms with Crippen LogP contribution in [0.4, 0.5) is 0 Å². The van der Waals surface area contributed by atoms with Gasteiger partial charge in [-0.1, -0.05) is 29.5 Å². The highest BCUT2D eigenvalue weighted by atomic mass is 15.8. The van der Waals surface area contributed by atoms with Crippen molar-refractivity contribution in [2.75, 3.05) is 13.6 Å². The molecule has 2 unspecified atom stereocenters. The van der Waals surface area contributed by atoms with Crippen molar-refractivity contribution in [1.29, 1.82) is 0 Å². The molecule has 0 bridgehead atoms. The van der Waals surface area contributed by atoms with Crippen molar-refractivity contribution in [1.82, 2.24) is 15.4 Å². The summed E-state index contributed by atoms with van der Waals surface area (Å²) in [5.74, 6) is 5.79. The third-order valence-corrected chi connectivity index (χ3v) is 4.37. The zero-order chi connectivity index (χ0) is 13.7. The molecule has 7 heteroatoms. The number of rotatable bonds is 1. The lowest BCUT2D eigenvalue weighted by Gasteiger charge is -2.47. The summed E-state index contributed by atoms with van der Waals surface area (Å²) in [6.07, 6.45) is 1.10. The number of fused-ring (bicyclic) bond motifs is 2. The van der Waals surface area contributed by atoms with Crippen LogP contribution in [0.15, 0.2) is 40.3 Å². The quantitative estimate of drug-likeness (QED) is 0.460. The number of nitrogens with two attached hydrogens (primary N) is 2. The van der Waals surface area contributed by atoms with Gasteiger partial charge in [0.25, 0.3) is 0 Å². The van der Waals surface area contributed by atoms with E-state index in [0.29, 0.717) is 6.04 Å². The smallest absolute Gasteiger partial charge is 0.210 e. The number of hydrogen-bond acceptors (Lipinski definition) is 6. The normalized spacial score (nSPS) is 28.0. The van der Waals surface area contributed by atoms with Gasteiger partial charge < -0.3 is 0 Å². The number of quaternary nitrogens is 1. The molecule has 0 saturated carbocycles. The van der Waals surface area contributed by atoms with Crippen LogP contribution < -0.4 is 16.8 Å². The molecular weight excluding hydrogens is 254 g/mol. The van der Waals surface area contributed by atoms with Gasteiger partial charge in [0.05, 0.1) is 18.3 Å². The summed E-state index contributed by atoms with van der Waals surface area (Å²) < 4.78 is 0. The Morgan fingerprint density at radius 1 is 1.40 bits per heavy atom. The highest BCUT2D eigenvalue weighted by Crippen LogP contribution is 2.39. The van der Waals surface area contributed by atoms with E-state index in [9.17, 15) is 0 Å². The summed E-state index contributed by atoms with van der Waals surface area (Å²) in [5.41, 5.74) is 9.37. The zero-order valence-electron chi connectivity index (χ0n) is 11.3. The van der Waals surface area contributed by atoms with Crippen LogP contribution in [0.1, 0.15) is 11.1 Å². The first-order valence-corrected chi connectivity index (χ1v) is 6.83. The maximum Gasteiger partial charge on any atom is 0.210 e.